The lowest BCUT2D eigenvalue weighted by molar-refractivity contribution is -0.383. The van der Waals surface area contributed by atoms with Crippen LogP contribution in [-0.2, 0) is 0 Å². The van der Waals surface area contributed by atoms with Gasteiger partial charge in [-0.3, -0.25) is 10.1 Å². The van der Waals surface area contributed by atoms with Crippen LogP contribution < -0.4 is 5.32 Å². The van der Waals surface area contributed by atoms with Crippen LogP contribution in [0.2, 0.25) is 0 Å². The largest absolute Gasteiger partial charge is 0.376 e. The van der Waals surface area contributed by atoms with Crippen molar-refractivity contribution in [1.29, 1.82) is 0 Å². The van der Waals surface area contributed by atoms with Gasteiger partial charge in [-0.25, -0.2) is 4.98 Å². The van der Waals surface area contributed by atoms with Gasteiger partial charge >= 0.3 is 0 Å². The molecule has 1 N–H and O–H groups in total. The van der Waals surface area contributed by atoms with Crippen molar-refractivity contribution >= 4 is 32.9 Å². The van der Waals surface area contributed by atoms with Gasteiger partial charge in [0.15, 0.2) is 0 Å². The Labute approximate surface area is 121 Å². The number of nitrogens with zero attached hydrogens (tertiary/aromatic N) is 2. The van der Waals surface area contributed by atoms with Gasteiger partial charge in [-0.1, -0.05) is 13.3 Å². The van der Waals surface area contributed by atoms with E-state index < -0.39 is 0 Å². The van der Waals surface area contributed by atoms with Crippen molar-refractivity contribution in [3.63, 3.8) is 0 Å². The van der Waals surface area contributed by atoms with Gasteiger partial charge in [0.05, 0.1) is 20.1 Å². The smallest absolute Gasteiger partial charge is 0.293 e. The molecule has 0 amide bonds. The SMILES string of the molecule is CCCC1CC1Nc1cc2nc(C)sc2cc1[N+](=O)[O-]. The lowest BCUT2D eigenvalue weighted by atomic mass is 10.2. The molecule has 1 aromatic carbocycles. The summed E-state index contributed by atoms with van der Waals surface area (Å²) in [6.45, 7) is 4.09. The summed E-state index contributed by atoms with van der Waals surface area (Å²) in [7, 11) is 0. The molecule has 6 heteroatoms. The number of anilines is 1. The van der Waals surface area contributed by atoms with Crippen LogP contribution in [0.3, 0.4) is 0 Å². The standard InChI is InChI=1S/C14H17N3O2S/c1-3-4-9-5-10(9)16-11-6-12-14(20-8(2)15-12)7-13(11)17(18)19/h6-7,9-10,16H,3-5H2,1-2H3. The van der Waals surface area contributed by atoms with Crippen LogP contribution in [-0.4, -0.2) is 15.9 Å². The Morgan fingerprint density at radius 2 is 2.35 bits per heavy atom. The van der Waals surface area contributed by atoms with Crippen LogP contribution in [0.15, 0.2) is 12.1 Å². The Balaban J connectivity index is 1.91. The predicted octanol–water partition coefficient (Wildman–Crippen LogP) is 4.11. The van der Waals surface area contributed by atoms with Crippen LogP contribution in [0.25, 0.3) is 10.2 Å². The zero-order valence-electron chi connectivity index (χ0n) is 11.5. The summed E-state index contributed by atoms with van der Waals surface area (Å²) in [5.41, 5.74) is 1.60. The average molecular weight is 291 g/mol. The van der Waals surface area contributed by atoms with Crippen molar-refractivity contribution in [3.8, 4) is 0 Å². The fraction of sp³-hybridized carbons (Fsp3) is 0.500. The summed E-state index contributed by atoms with van der Waals surface area (Å²) >= 11 is 1.49. The summed E-state index contributed by atoms with van der Waals surface area (Å²) < 4.78 is 0.876. The Morgan fingerprint density at radius 3 is 3.05 bits per heavy atom. The highest BCUT2D eigenvalue weighted by atomic mass is 32.1. The molecule has 0 bridgehead atoms. The molecule has 1 heterocycles. The first-order valence-electron chi connectivity index (χ1n) is 6.90. The second-order valence-electron chi connectivity index (χ2n) is 5.36. The number of hydrogen-bond acceptors (Lipinski definition) is 5. The molecule has 0 aliphatic heterocycles. The Morgan fingerprint density at radius 1 is 1.55 bits per heavy atom. The van der Waals surface area contributed by atoms with Gasteiger partial charge in [0.2, 0.25) is 0 Å². The monoisotopic (exact) mass is 291 g/mol. The van der Waals surface area contributed by atoms with Gasteiger partial charge in [-0.05, 0) is 31.7 Å². The number of nitrogens with one attached hydrogen (secondary N) is 1. The number of benzene rings is 1. The molecule has 2 aromatic rings. The van der Waals surface area contributed by atoms with Crippen molar-refractivity contribution < 1.29 is 4.92 Å². The number of nitro benzene ring substituents is 1. The van der Waals surface area contributed by atoms with Crippen LogP contribution in [0.4, 0.5) is 11.4 Å². The highest BCUT2D eigenvalue weighted by Crippen LogP contribution is 2.40. The summed E-state index contributed by atoms with van der Waals surface area (Å²) in [5.74, 6) is 0.660. The van der Waals surface area contributed by atoms with E-state index in [0.29, 0.717) is 17.6 Å². The van der Waals surface area contributed by atoms with Crippen molar-refractivity contribution in [1.82, 2.24) is 4.98 Å². The maximum Gasteiger partial charge on any atom is 0.293 e. The molecule has 1 saturated carbocycles. The molecule has 5 nitrogen and oxygen atoms in total. The molecule has 2 unspecified atom stereocenters. The number of aromatic nitrogens is 1. The molecule has 0 saturated heterocycles. The lowest BCUT2D eigenvalue weighted by Crippen LogP contribution is -2.07. The number of fused-ring (bicyclic) bond motifs is 1. The van der Waals surface area contributed by atoms with E-state index in [0.717, 1.165) is 28.1 Å². The molecule has 0 spiro atoms. The first-order valence-corrected chi connectivity index (χ1v) is 7.72. The summed E-state index contributed by atoms with van der Waals surface area (Å²) in [6, 6.07) is 3.84. The number of thiazole rings is 1. The van der Waals surface area contributed by atoms with Gasteiger partial charge in [0.25, 0.3) is 5.69 Å². The third-order valence-corrected chi connectivity index (χ3v) is 4.67. The minimum absolute atomic E-state index is 0.156. The fourth-order valence-electron chi connectivity index (χ4n) is 2.66. The molecule has 2 atom stereocenters. The van der Waals surface area contributed by atoms with E-state index in [1.807, 2.05) is 13.0 Å². The average Bonchev–Trinajstić information content (AvgIpc) is 2.98. The second kappa shape index (κ2) is 5.01. The molecule has 1 aliphatic carbocycles. The fourth-order valence-corrected chi connectivity index (χ4v) is 3.50. The third-order valence-electron chi connectivity index (χ3n) is 3.73. The van der Waals surface area contributed by atoms with Crippen molar-refractivity contribution in [2.45, 2.75) is 39.2 Å². The molecule has 1 fully saturated rings. The lowest BCUT2D eigenvalue weighted by Gasteiger charge is -2.06. The first kappa shape index (κ1) is 13.3. The summed E-state index contributed by atoms with van der Waals surface area (Å²) in [4.78, 5) is 15.3. The maximum atomic E-state index is 11.2. The Hall–Kier alpha value is -1.69. The van der Waals surface area contributed by atoms with Gasteiger partial charge < -0.3 is 5.32 Å². The molecule has 1 aromatic heterocycles. The van der Waals surface area contributed by atoms with Crippen molar-refractivity contribution in [3.05, 3.63) is 27.3 Å². The summed E-state index contributed by atoms with van der Waals surface area (Å²) in [5, 5.41) is 15.5. The summed E-state index contributed by atoms with van der Waals surface area (Å²) in [6.07, 6.45) is 3.46. The molecule has 3 rings (SSSR count). The Bertz CT molecular complexity index is 668. The van der Waals surface area contributed by atoms with Gasteiger partial charge in [-0.2, -0.15) is 0 Å². The van der Waals surface area contributed by atoms with Gasteiger partial charge in [-0.15, -0.1) is 11.3 Å². The highest BCUT2D eigenvalue weighted by molar-refractivity contribution is 7.18. The zero-order valence-corrected chi connectivity index (χ0v) is 12.4. The molecule has 0 radical (unpaired) electrons. The van der Waals surface area contributed by atoms with Crippen LogP contribution in [0, 0.1) is 23.0 Å². The minimum Gasteiger partial charge on any atom is -0.376 e. The van der Waals surface area contributed by atoms with Crippen LogP contribution in [0.5, 0.6) is 0 Å². The molecular formula is C14H17N3O2S. The quantitative estimate of drug-likeness (QED) is 0.664. The first-order chi connectivity index (χ1) is 9.58. The van der Waals surface area contributed by atoms with E-state index in [4.69, 9.17) is 0 Å². The Kier molecular flexibility index (Phi) is 3.33. The van der Waals surface area contributed by atoms with Gasteiger partial charge in [0, 0.05) is 12.1 Å². The van der Waals surface area contributed by atoms with Gasteiger partial charge in [0.1, 0.15) is 5.69 Å². The number of hydrogen-bond donors (Lipinski definition) is 1. The minimum atomic E-state index is -0.311. The highest BCUT2D eigenvalue weighted by Gasteiger charge is 2.37. The van der Waals surface area contributed by atoms with E-state index in [2.05, 4.69) is 17.2 Å². The van der Waals surface area contributed by atoms with E-state index in [1.165, 1.54) is 17.8 Å². The van der Waals surface area contributed by atoms with Crippen LogP contribution >= 0.6 is 11.3 Å². The van der Waals surface area contributed by atoms with E-state index in [1.54, 1.807) is 6.07 Å². The normalized spacial score (nSPS) is 21.1. The number of aryl methyl sites for hydroxylation is 1. The number of rotatable bonds is 5. The molecule has 106 valence electrons. The van der Waals surface area contributed by atoms with E-state index in [-0.39, 0.29) is 10.6 Å². The maximum absolute atomic E-state index is 11.2. The zero-order chi connectivity index (χ0) is 14.3. The third kappa shape index (κ3) is 2.47. The predicted molar refractivity (Wildman–Crippen MR) is 81.4 cm³/mol. The second-order valence-corrected chi connectivity index (χ2v) is 6.60. The van der Waals surface area contributed by atoms with Crippen molar-refractivity contribution in [2.24, 2.45) is 5.92 Å². The topological polar surface area (TPSA) is 68.1 Å². The molecular weight excluding hydrogens is 274 g/mol. The van der Waals surface area contributed by atoms with E-state index >= 15 is 0 Å². The molecule has 20 heavy (non-hydrogen) atoms. The van der Waals surface area contributed by atoms with E-state index in [9.17, 15) is 10.1 Å². The molecule has 1 aliphatic rings. The van der Waals surface area contributed by atoms with Crippen molar-refractivity contribution in [2.75, 3.05) is 5.32 Å². The van der Waals surface area contributed by atoms with Crippen LogP contribution in [0.1, 0.15) is 31.2 Å². The number of nitro groups is 1.